The molecule has 2 N–H and O–H groups in total. The molecule has 0 saturated heterocycles. The summed E-state index contributed by atoms with van der Waals surface area (Å²) in [5.41, 5.74) is 0. The van der Waals surface area contributed by atoms with Crippen molar-refractivity contribution in [2.45, 2.75) is 6.92 Å². The number of rotatable bonds is 1. The first-order valence-corrected chi connectivity index (χ1v) is 3.66. The molecule has 68 valence electrons. The van der Waals surface area contributed by atoms with Gasteiger partial charge in [-0.1, -0.05) is 0 Å². The summed E-state index contributed by atoms with van der Waals surface area (Å²) >= 11 is 0. The predicted molar refractivity (Wildman–Crippen MR) is 49.1 cm³/mol. The molecule has 5 nitrogen and oxygen atoms in total. The molecule has 1 heterocycles. The van der Waals surface area contributed by atoms with E-state index < -0.39 is 0 Å². The second-order valence-corrected chi connectivity index (χ2v) is 2.11. The van der Waals surface area contributed by atoms with Gasteiger partial charge >= 0.3 is 0 Å². The van der Waals surface area contributed by atoms with E-state index in [1.165, 1.54) is 6.33 Å². The van der Waals surface area contributed by atoms with Crippen LogP contribution in [0.2, 0.25) is 0 Å². The Kier molecular flexibility index (Phi) is 5.81. The van der Waals surface area contributed by atoms with Crippen molar-refractivity contribution in [3.05, 3.63) is 12.2 Å². The molecule has 0 atom stereocenters. The van der Waals surface area contributed by atoms with Crippen LogP contribution in [0.4, 0.5) is 5.95 Å². The molecular weight excluding hydrogens is 154 g/mol. The van der Waals surface area contributed by atoms with Gasteiger partial charge in [-0.3, -0.25) is 0 Å². The molecule has 0 bridgehead atoms. The van der Waals surface area contributed by atoms with Crippen molar-refractivity contribution in [3.8, 4) is 0 Å². The van der Waals surface area contributed by atoms with Crippen LogP contribution < -0.4 is 10.6 Å². The third kappa shape index (κ3) is 4.56. The number of aromatic nitrogens is 3. The number of hydrogen-bond acceptors (Lipinski definition) is 5. The van der Waals surface area contributed by atoms with Crippen LogP contribution in [0.5, 0.6) is 0 Å². The minimum atomic E-state index is 0.613. The summed E-state index contributed by atoms with van der Waals surface area (Å²) in [5.74, 6) is 1.34. The zero-order chi connectivity index (χ0) is 9.40. The van der Waals surface area contributed by atoms with Gasteiger partial charge in [-0.2, -0.15) is 4.98 Å². The smallest absolute Gasteiger partial charge is 0.225 e. The van der Waals surface area contributed by atoms with Crippen LogP contribution in [0.15, 0.2) is 6.33 Å². The lowest BCUT2D eigenvalue weighted by atomic mass is 10.7. The van der Waals surface area contributed by atoms with Crippen molar-refractivity contribution in [2.75, 3.05) is 26.5 Å². The molecule has 0 aromatic carbocycles. The minimum absolute atomic E-state index is 0.613. The summed E-state index contributed by atoms with van der Waals surface area (Å²) in [6, 6.07) is 0. The highest BCUT2D eigenvalue weighted by atomic mass is 15.1. The number of nitrogens with zero attached hydrogens (tertiary/aromatic N) is 3. The van der Waals surface area contributed by atoms with Crippen LogP contribution in [-0.4, -0.2) is 36.1 Å². The second-order valence-electron chi connectivity index (χ2n) is 2.11. The fraction of sp³-hybridized carbons (Fsp3) is 0.571. The lowest BCUT2D eigenvalue weighted by Crippen LogP contribution is -1.98. The Labute approximate surface area is 72.7 Å². The monoisotopic (exact) mass is 169 g/mol. The Morgan fingerprint density at radius 3 is 2.08 bits per heavy atom. The van der Waals surface area contributed by atoms with Crippen molar-refractivity contribution in [2.24, 2.45) is 0 Å². The Bertz CT molecular complexity index is 213. The molecule has 1 aromatic heterocycles. The minimum Gasteiger partial charge on any atom is -0.357 e. The van der Waals surface area contributed by atoms with Crippen molar-refractivity contribution in [1.82, 2.24) is 20.3 Å². The number of nitrogens with one attached hydrogen (secondary N) is 2. The van der Waals surface area contributed by atoms with Gasteiger partial charge in [0.15, 0.2) is 0 Å². The van der Waals surface area contributed by atoms with Crippen molar-refractivity contribution >= 4 is 5.95 Å². The molecular formula is C7H15N5. The van der Waals surface area contributed by atoms with E-state index in [4.69, 9.17) is 0 Å². The fourth-order valence-electron chi connectivity index (χ4n) is 0.499. The third-order valence-electron chi connectivity index (χ3n) is 0.916. The fourth-order valence-corrected chi connectivity index (χ4v) is 0.499. The van der Waals surface area contributed by atoms with Gasteiger partial charge < -0.3 is 10.6 Å². The second kappa shape index (κ2) is 6.48. The summed E-state index contributed by atoms with van der Waals surface area (Å²) < 4.78 is 0. The molecule has 0 amide bonds. The topological polar surface area (TPSA) is 62.7 Å². The van der Waals surface area contributed by atoms with Crippen LogP contribution in [0.25, 0.3) is 0 Å². The first-order chi connectivity index (χ1) is 5.74. The molecule has 1 aromatic rings. The third-order valence-corrected chi connectivity index (χ3v) is 0.916. The van der Waals surface area contributed by atoms with E-state index in [2.05, 4.69) is 25.6 Å². The van der Waals surface area contributed by atoms with Gasteiger partial charge in [0.1, 0.15) is 12.2 Å². The Morgan fingerprint density at radius 1 is 1.17 bits per heavy atom. The first-order valence-electron chi connectivity index (χ1n) is 3.66. The van der Waals surface area contributed by atoms with Crippen LogP contribution >= 0.6 is 0 Å². The van der Waals surface area contributed by atoms with E-state index in [1.807, 2.05) is 21.0 Å². The van der Waals surface area contributed by atoms with Crippen molar-refractivity contribution in [3.63, 3.8) is 0 Å². The number of aryl methyl sites for hydroxylation is 1. The van der Waals surface area contributed by atoms with Gasteiger partial charge in [0.05, 0.1) is 0 Å². The maximum Gasteiger partial charge on any atom is 0.225 e. The van der Waals surface area contributed by atoms with Crippen molar-refractivity contribution in [1.29, 1.82) is 0 Å². The zero-order valence-corrected chi connectivity index (χ0v) is 7.92. The van der Waals surface area contributed by atoms with Crippen LogP contribution in [0.3, 0.4) is 0 Å². The number of anilines is 1. The van der Waals surface area contributed by atoms with Gasteiger partial charge in [-0.25, -0.2) is 9.97 Å². The molecule has 0 radical (unpaired) electrons. The molecule has 0 aliphatic heterocycles. The van der Waals surface area contributed by atoms with Gasteiger partial charge in [0.2, 0.25) is 5.95 Å². The highest BCUT2D eigenvalue weighted by Gasteiger charge is 1.89. The Balaban J connectivity index is 0.000000354. The van der Waals surface area contributed by atoms with E-state index in [0.29, 0.717) is 5.95 Å². The van der Waals surface area contributed by atoms with Gasteiger partial charge in [-0.05, 0) is 21.0 Å². The average molecular weight is 169 g/mol. The van der Waals surface area contributed by atoms with E-state index >= 15 is 0 Å². The highest BCUT2D eigenvalue weighted by molar-refractivity contribution is 5.19. The SMILES string of the molecule is CNC.CNc1ncnc(C)n1. The van der Waals surface area contributed by atoms with Gasteiger partial charge in [0.25, 0.3) is 0 Å². The highest BCUT2D eigenvalue weighted by Crippen LogP contribution is 1.91. The molecule has 0 spiro atoms. The van der Waals surface area contributed by atoms with E-state index in [0.717, 1.165) is 5.82 Å². The van der Waals surface area contributed by atoms with Crippen LogP contribution in [0.1, 0.15) is 5.82 Å². The van der Waals surface area contributed by atoms with Gasteiger partial charge in [0, 0.05) is 7.05 Å². The quantitative estimate of drug-likeness (QED) is 0.622. The largest absolute Gasteiger partial charge is 0.357 e. The zero-order valence-electron chi connectivity index (χ0n) is 7.92. The molecule has 1 rings (SSSR count). The lowest BCUT2D eigenvalue weighted by molar-refractivity contribution is 0.977. The molecule has 0 aliphatic rings. The summed E-state index contributed by atoms with van der Waals surface area (Å²) in [6.07, 6.45) is 1.48. The standard InChI is InChI=1S/C5H8N4.C2H7N/c1-4-7-3-8-5(6-2)9-4;1-3-2/h3H,1-2H3,(H,6,7,8,9);3H,1-2H3. The maximum atomic E-state index is 3.96. The van der Waals surface area contributed by atoms with E-state index in [-0.39, 0.29) is 0 Å². The first kappa shape index (κ1) is 10.8. The summed E-state index contributed by atoms with van der Waals surface area (Å²) in [5, 5.41) is 5.56. The number of hydrogen-bond donors (Lipinski definition) is 2. The predicted octanol–water partition coefficient (Wildman–Crippen LogP) is 0.0573. The maximum absolute atomic E-state index is 3.96. The normalized spacial score (nSPS) is 8.33. The Morgan fingerprint density at radius 2 is 1.75 bits per heavy atom. The summed E-state index contributed by atoms with van der Waals surface area (Å²) in [6.45, 7) is 1.82. The van der Waals surface area contributed by atoms with Crippen LogP contribution in [-0.2, 0) is 0 Å². The average Bonchev–Trinajstić information content (AvgIpc) is 2.06. The molecule has 0 saturated carbocycles. The van der Waals surface area contributed by atoms with Crippen molar-refractivity contribution < 1.29 is 0 Å². The lowest BCUT2D eigenvalue weighted by Gasteiger charge is -1.94. The van der Waals surface area contributed by atoms with Gasteiger partial charge in [-0.15, -0.1) is 0 Å². The van der Waals surface area contributed by atoms with E-state index in [9.17, 15) is 0 Å². The molecule has 0 fully saturated rings. The molecule has 5 heteroatoms. The Hall–Kier alpha value is -1.23. The van der Waals surface area contributed by atoms with Crippen LogP contribution in [0, 0.1) is 6.92 Å². The molecule has 0 unspecified atom stereocenters. The summed E-state index contributed by atoms with van der Waals surface area (Å²) in [7, 11) is 5.52. The van der Waals surface area contributed by atoms with E-state index in [1.54, 1.807) is 7.05 Å². The molecule has 0 aliphatic carbocycles. The summed E-state index contributed by atoms with van der Waals surface area (Å²) in [4.78, 5) is 11.6. The molecule has 12 heavy (non-hydrogen) atoms.